The van der Waals surface area contributed by atoms with Gasteiger partial charge in [-0.05, 0) is 37.3 Å². The molecule has 2 aromatic heterocycles. The van der Waals surface area contributed by atoms with Gasteiger partial charge in [-0.3, -0.25) is 15.2 Å². The van der Waals surface area contributed by atoms with E-state index in [1.165, 1.54) is 6.42 Å². The van der Waals surface area contributed by atoms with Crippen molar-refractivity contribution in [2.75, 3.05) is 6.54 Å². The molecule has 2 fully saturated rings. The minimum atomic E-state index is -0.120. The lowest BCUT2D eigenvalue weighted by Crippen LogP contribution is -2.46. The molecule has 138 valence electrons. The van der Waals surface area contributed by atoms with Crippen molar-refractivity contribution in [1.82, 2.24) is 26.1 Å². The number of hydrazine groups is 1. The van der Waals surface area contributed by atoms with Crippen molar-refractivity contribution in [1.29, 1.82) is 0 Å². The number of hydrogen-bond acceptors (Lipinski definition) is 6. The van der Waals surface area contributed by atoms with Crippen molar-refractivity contribution < 1.29 is 4.79 Å². The second-order valence-electron chi connectivity index (χ2n) is 7.38. The first-order chi connectivity index (χ1) is 12.7. The topological polar surface area (TPSA) is 78.9 Å². The number of rotatable bonds is 5. The van der Waals surface area contributed by atoms with Gasteiger partial charge in [0.15, 0.2) is 0 Å². The van der Waals surface area contributed by atoms with Gasteiger partial charge in [0.05, 0.1) is 5.69 Å². The van der Waals surface area contributed by atoms with Crippen LogP contribution in [0.15, 0.2) is 29.9 Å². The van der Waals surface area contributed by atoms with Gasteiger partial charge < -0.3 is 5.32 Å². The molecule has 0 aromatic carbocycles. The molecule has 1 saturated heterocycles. The number of carbonyl (C=O) groups is 1. The Morgan fingerprint density at radius 2 is 2.15 bits per heavy atom. The highest BCUT2D eigenvalue weighted by molar-refractivity contribution is 7.13. The zero-order chi connectivity index (χ0) is 17.9. The minimum absolute atomic E-state index is 0.101. The van der Waals surface area contributed by atoms with Crippen LogP contribution in [0.2, 0.25) is 0 Å². The summed E-state index contributed by atoms with van der Waals surface area (Å²) < 4.78 is 0. The van der Waals surface area contributed by atoms with Gasteiger partial charge in [-0.15, -0.1) is 11.3 Å². The zero-order valence-electron chi connectivity index (χ0n) is 14.9. The number of pyridine rings is 1. The van der Waals surface area contributed by atoms with Gasteiger partial charge in [0.25, 0.3) is 0 Å². The molecule has 0 bridgehead atoms. The molecule has 0 spiro atoms. The maximum atomic E-state index is 12.6. The Kier molecular flexibility index (Phi) is 5.28. The average Bonchev–Trinajstić information content (AvgIpc) is 3.29. The lowest BCUT2D eigenvalue weighted by Gasteiger charge is -2.30. The summed E-state index contributed by atoms with van der Waals surface area (Å²) in [5, 5.41) is 6.14. The number of fused-ring (bicyclic) bond motifs is 1. The van der Waals surface area contributed by atoms with Crippen molar-refractivity contribution in [3.8, 4) is 10.6 Å². The van der Waals surface area contributed by atoms with E-state index in [4.69, 9.17) is 0 Å². The molecule has 26 heavy (non-hydrogen) atoms. The van der Waals surface area contributed by atoms with E-state index in [1.54, 1.807) is 23.7 Å². The lowest BCUT2D eigenvalue weighted by molar-refractivity contribution is -0.124. The van der Waals surface area contributed by atoms with Crippen LogP contribution < -0.4 is 16.2 Å². The summed E-state index contributed by atoms with van der Waals surface area (Å²) in [6, 6.07) is 4.24. The first-order valence-corrected chi connectivity index (χ1v) is 10.2. The molecule has 4 rings (SSSR count). The molecule has 4 atom stereocenters. The highest BCUT2D eigenvalue weighted by atomic mass is 32.1. The first kappa shape index (κ1) is 17.6. The predicted octanol–water partition coefficient (Wildman–Crippen LogP) is 2.14. The van der Waals surface area contributed by atoms with Gasteiger partial charge in [0, 0.05) is 48.3 Å². The van der Waals surface area contributed by atoms with Crippen molar-refractivity contribution in [2.24, 2.45) is 11.8 Å². The molecule has 7 heteroatoms. The summed E-state index contributed by atoms with van der Waals surface area (Å²) in [6.45, 7) is 2.90. The van der Waals surface area contributed by atoms with Crippen molar-refractivity contribution in [3.63, 3.8) is 0 Å². The number of carbonyl (C=O) groups excluding carboxylic acids is 1. The fraction of sp³-hybridized carbons (Fsp3) is 0.526. The van der Waals surface area contributed by atoms with Crippen LogP contribution >= 0.6 is 11.3 Å². The van der Waals surface area contributed by atoms with E-state index in [2.05, 4.69) is 38.4 Å². The lowest BCUT2D eigenvalue weighted by atomic mass is 9.76. The van der Waals surface area contributed by atoms with Crippen molar-refractivity contribution in [2.45, 2.75) is 44.7 Å². The number of amides is 1. The van der Waals surface area contributed by atoms with Crippen LogP contribution in [-0.4, -0.2) is 34.5 Å². The molecule has 2 aliphatic rings. The Hall–Kier alpha value is -1.83. The first-order valence-electron chi connectivity index (χ1n) is 9.34. The van der Waals surface area contributed by atoms with E-state index in [0.717, 1.165) is 35.5 Å². The van der Waals surface area contributed by atoms with Gasteiger partial charge in [-0.2, -0.15) is 0 Å². The van der Waals surface area contributed by atoms with Crippen LogP contribution in [-0.2, 0) is 11.2 Å². The molecule has 1 amide bonds. The Morgan fingerprint density at radius 1 is 1.31 bits per heavy atom. The SMILES string of the molecule is CC1CCC2NNC(C(=O)NCCc3csc(-c4ccncc4)n3)C2C1. The number of aromatic nitrogens is 2. The van der Waals surface area contributed by atoms with Gasteiger partial charge in [0.1, 0.15) is 11.0 Å². The third-order valence-electron chi connectivity index (χ3n) is 5.46. The van der Waals surface area contributed by atoms with Gasteiger partial charge in [-0.25, -0.2) is 10.4 Å². The highest BCUT2D eigenvalue weighted by Crippen LogP contribution is 2.33. The van der Waals surface area contributed by atoms with Crippen LogP contribution in [0.25, 0.3) is 10.6 Å². The van der Waals surface area contributed by atoms with E-state index in [9.17, 15) is 4.79 Å². The van der Waals surface area contributed by atoms with Crippen LogP contribution in [0.4, 0.5) is 0 Å². The summed E-state index contributed by atoms with van der Waals surface area (Å²) in [7, 11) is 0. The largest absolute Gasteiger partial charge is 0.354 e. The van der Waals surface area contributed by atoms with Crippen molar-refractivity contribution in [3.05, 3.63) is 35.6 Å². The average molecular weight is 372 g/mol. The molecule has 1 aliphatic heterocycles. The monoisotopic (exact) mass is 371 g/mol. The Bertz CT molecular complexity index is 749. The molecule has 1 aliphatic carbocycles. The second kappa shape index (κ2) is 7.82. The molecule has 6 nitrogen and oxygen atoms in total. The van der Waals surface area contributed by atoms with Gasteiger partial charge >= 0.3 is 0 Å². The van der Waals surface area contributed by atoms with Crippen molar-refractivity contribution >= 4 is 17.2 Å². The molecule has 1 saturated carbocycles. The van der Waals surface area contributed by atoms with Crippen LogP contribution in [0.3, 0.4) is 0 Å². The molecule has 3 heterocycles. The quantitative estimate of drug-likeness (QED) is 0.751. The number of nitrogens with zero attached hydrogens (tertiary/aromatic N) is 2. The minimum Gasteiger partial charge on any atom is -0.354 e. The number of nitrogens with one attached hydrogen (secondary N) is 3. The Balaban J connectivity index is 1.28. The fourth-order valence-corrected chi connectivity index (χ4v) is 4.87. The zero-order valence-corrected chi connectivity index (χ0v) is 15.8. The van der Waals surface area contributed by atoms with Gasteiger partial charge in [-0.1, -0.05) is 6.92 Å². The maximum absolute atomic E-state index is 12.6. The molecule has 2 aromatic rings. The van der Waals surface area contributed by atoms with Crippen LogP contribution in [0.1, 0.15) is 31.9 Å². The predicted molar refractivity (Wildman–Crippen MR) is 102 cm³/mol. The molecular formula is C19H25N5OS. The van der Waals surface area contributed by atoms with E-state index < -0.39 is 0 Å². The molecular weight excluding hydrogens is 346 g/mol. The summed E-state index contributed by atoms with van der Waals surface area (Å²) >= 11 is 1.63. The van der Waals surface area contributed by atoms with E-state index in [-0.39, 0.29) is 11.9 Å². The van der Waals surface area contributed by atoms with E-state index >= 15 is 0 Å². The summed E-state index contributed by atoms with van der Waals surface area (Å²) in [5.41, 5.74) is 8.62. The molecule has 4 unspecified atom stereocenters. The molecule has 3 N–H and O–H groups in total. The summed E-state index contributed by atoms with van der Waals surface area (Å²) in [5.74, 6) is 1.20. The number of hydrogen-bond donors (Lipinski definition) is 3. The molecule has 0 radical (unpaired) electrons. The number of thiazole rings is 1. The third kappa shape index (κ3) is 3.79. The van der Waals surface area contributed by atoms with Crippen LogP contribution in [0, 0.1) is 11.8 Å². The normalized spacial score (nSPS) is 27.9. The smallest absolute Gasteiger partial charge is 0.238 e. The Morgan fingerprint density at radius 3 is 3.00 bits per heavy atom. The Labute approximate surface area is 157 Å². The summed E-state index contributed by atoms with van der Waals surface area (Å²) in [4.78, 5) is 21.3. The standard InChI is InChI=1S/C19H25N5OS/c1-12-2-3-16-15(10-12)17(24-23-16)18(25)21-9-6-14-11-26-19(22-14)13-4-7-20-8-5-13/h4-5,7-8,11-12,15-17,23-24H,2-3,6,9-10H2,1H3,(H,21,25). The summed E-state index contributed by atoms with van der Waals surface area (Å²) in [6.07, 6.45) is 7.81. The maximum Gasteiger partial charge on any atom is 0.238 e. The second-order valence-corrected chi connectivity index (χ2v) is 8.23. The van der Waals surface area contributed by atoms with E-state index in [1.807, 2.05) is 12.1 Å². The van der Waals surface area contributed by atoms with Crippen LogP contribution in [0.5, 0.6) is 0 Å². The fourth-order valence-electron chi connectivity index (χ4n) is 4.01. The third-order valence-corrected chi connectivity index (χ3v) is 6.40. The highest BCUT2D eigenvalue weighted by Gasteiger charge is 2.42. The van der Waals surface area contributed by atoms with Gasteiger partial charge in [0.2, 0.25) is 5.91 Å². The van der Waals surface area contributed by atoms with E-state index in [0.29, 0.717) is 24.4 Å².